The number of hydrogen-bond donors (Lipinski definition) is 1. The minimum Gasteiger partial charge on any atom is -0.497 e. The highest BCUT2D eigenvalue weighted by atomic mass is 16.6. The average molecular weight is 382 g/mol. The topological polar surface area (TPSA) is 108 Å². The van der Waals surface area contributed by atoms with Crippen LogP contribution in [0.5, 0.6) is 5.75 Å². The number of amides is 1. The van der Waals surface area contributed by atoms with Crippen LogP contribution in [-0.2, 0) is 9.53 Å². The summed E-state index contributed by atoms with van der Waals surface area (Å²) in [5.74, 6) is -0.699. The van der Waals surface area contributed by atoms with Gasteiger partial charge in [-0.3, -0.25) is 14.9 Å². The van der Waals surface area contributed by atoms with Gasteiger partial charge in [-0.2, -0.15) is 0 Å². The van der Waals surface area contributed by atoms with Crippen molar-refractivity contribution < 1.29 is 24.0 Å². The van der Waals surface area contributed by atoms with Gasteiger partial charge in [-0.15, -0.1) is 0 Å². The first kappa shape index (κ1) is 20.4. The van der Waals surface area contributed by atoms with Gasteiger partial charge in [-0.1, -0.05) is 12.7 Å². The van der Waals surface area contributed by atoms with Crippen molar-refractivity contribution in [3.63, 3.8) is 0 Å². The van der Waals surface area contributed by atoms with Gasteiger partial charge in [0.05, 0.1) is 12.0 Å². The number of non-ortho nitro benzene ring substituents is 1. The Labute approximate surface area is 161 Å². The zero-order chi connectivity index (χ0) is 20.5. The van der Waals surface area contributed by atoms with Crippen LogP contribution in [0.3, 0.4) is 0 Å². The molecule has 2 rings (SSSR count). The zero-order valence-electron chi connectivity index (χ0n) is 15.1. The Kier molecular flexibility index (Phi) is 7.04. The first-order valence-corrected chi connectivity index (χ1v) is 8.14. The summed E-state index contributed by atoms with van der Waals surface area (Å²) in [6, 6.07) is 11.8. The molecule has 8 nitrogen and oxygen atoms in total. The number of ether oxygens (including phenoxy) is 2. The second-order valence-corrected chi connectivity index (χ2v) is 5.48. The average Bonchev–Trinajstić information content (AvgIpc) is 2.71. The largest absolute Gasteiger partial charge is 0.497 e. The lowest BCUT2D eigenvalue weighted by molar-refractivity contribution is -0.384. The highest BCUT2D eigenvalue weighted by molar-refractivity contribution is 6.03. The molecule has 2 aromatic rings. The summed E-state index contributed by atoms with van der Waals surface area (Å²) < 4.78 is 10.0. The van der Waals surface area contributed by atoms with Crippen molar-refractivity contribution in [3.8, 4) is 5.75 Å². The summed E-state index contributed by atoms with van der Waals surface area (Å²) in [6.45, 7) is 3.43. The highest BCUT2D eigenvalue weighted by Crippen LogP contribution is 2.15. The molecule has 0 saturated heterocycles. The molecule has 0 aliphatic rings. The summed E-state index contributed by atoms with van der Waals surface area (Å²) in [7, 11) is 1.51. The molecule has 0 heterocycles. The maximum atomic E-state index is 12.5. The summed E-state index contributed by atoms with van der Waals surface area (Å²) in [6.07, 6.45) is 2.77. The molecule has 1 amide bonds. The van der Waals surface area contributed by atoms with E-state index in [0.29, 0.717) is 16.9 Å². The molecule has 0 aliphatic heterocycles. The fourth-order valence-corrected chi connectivity index (χ4v) is 2.15. The monoisotopic (exact) mass is 382 g/mol. The smallest absolute Gasteiger partial charge is 0.355 e. The number of nitrogens with zero attached hydrogens (tertiary/aromatic N) is 1. The van der Waals surface area contributed by atoms with Gasteiger partial charge in [0.25, 0.3) is 11.6 Å². The molecule has 144 valence electrons. The van der Waals surface area contributed by atoms with Gasteiger partial charge in [-0.25, -0.2) is 4.79 Å². The first-order chi connectivity index (χ1) is 13.4. The Morgan fingerprint density at radius 2 is 1.79 bits per heavy atom. The third-order valence-corrected chi connectivity index (χ3v) is 3.57. The zero-order valence-corrected chi connectivity index (χ0v) is 15.1. The van der Waals surface area contributed by atoms with Crippen LogP contribution < -0.4 is 10.1 Å². The molecule has 0 bridgehead atoms. The standard InChI is InChI=1S/C20H18N2O6/c1-3-12-28-20(24)18(13-14-4-8-16(9-5-14)22(25)26)21-19(23)15-6-10-17(27-2)11-7-15/h3-11,13H,1,12H2,2H3,(H,21,23)/b18-13+. The van der Waals surface area contributed by atoms with Crippen LogP contribution in [0.1, 0.15) is 15.9 Å². The van der Waals surface area contributed by atoms with E-state index in [4.69, 9.17) is 9.47 Å². The van der Waals surface area contributed by atoms with E-state index in [1.54, 1.807) is 24.3 Å². The first-order valence-electron chi connectivity index (χ1n) is 8.14. The second-order valence-electron chi connectivity index (χ2n) is 5.48. The Balaban J connectivity index is 2.27. The van der Waals surface area contributed by atoms with Crippen molar-refractivity contribution in [2.75, 3.05) is 13.7 Å². The molecule has 0 radical (unpaired) electrons. The summed E-state index contributed by atoms with van der Waals surface area (Å²) in [5, 5.41) is 13.3. The molecule has 0 aliphatic carbocycles. The number of benzene rings is 2. The quantitative estimate of drug-likeness (QED) is 0.247. The SMILES string of the molecule is C=CCOC(=O)/C(=C\c1ccc([N+](=O)[O-])cc1)NC(=O)c1ccc(OC)cc1. The number of nitro groups is 1. The molecular formula is C20H18N2O6. The van der Waals surface area contributed by atoms with E-state index in [1.165, 1.54) is 43.5 Å². The lowest BCUT2D eigenvalue weighted by atomic mass is 10.1. The van der Waals surface area contributed by atoms with Crippen molar-refractivity contribution in [1.29, 1.82) is 0 Å². The van der Waals surface area contributed by atoms with Crippen molar-refractivity contribution in [1.82, 2.24) is 5.32 Å². The molecule has 0 unspecified atom stereocenters. The van der Waals surface area contributed by atoms with Crippen molar-refractivity contribution in [3.05, 3.63) is 88.1 Å². The number of hydrogen-bond acceptors (Lipinski definition) is 6. The lowest BCUT2D eigenvalue weighted by Crippen LogP contribution is -2.28. The van der Waals surface area contributed by atoms with E-state index in [2.05, 4.69) is 11.9 Å². The number of methoxy groups -OCH3 is 1. The number of esters is 1. The van der Waals surface area contributed by atoms with Gasteiger partial charge in [-0.05, 0) is 48.0 Å². The molecule has 0 aromatic heterocycles. The van der Waals surface area contributed by atoms with E-state index >= 15 is 0 Å². The molecule has 8 heteroatoms. The summed E-state index contributed by atoms with van der Waals surface area (Å²) in [5.41, 5.74) is 0.588. The van der Waals surface area contributed by atoms with Gasteiger partial charge in [0.15, 0.2) is 0 Å². The molecule has 2 aromatic carbocycles. The molecule has 0 spiro atoms. The Bertz CT molecular complexity index is 901. The highest BCUT2D eigenvalue weighted by Gasteiger charge is 2.16. The molecule has 28 heavy (non-hydrogen) atoms. The van der Waals surface area contributed by atoms with Gasteiger partial charge in [0.1, 0.15) is 18.1 Å². The van der Waals surface area contributed by atoms with Crippen LogP contribution in [0.15, 0.2) is 66.9 Å². The van der Waals surface area contributed by atoms with Crippen LogP contribution >= 0.6 is 0 Å². The molecule has 1 N–H and O–H groups in total. The number of carbonyl (C=O) groups excluding carboxylic acids is 2. The van der Waals surface area contributed by atoms with Gasteiger partial charge in [0, 0.05) is 17.7 Å². The number of nitrogens with one attached hydrogen (secondary N) is 1. The fraction of sp³-hybridized carbons (Fsp3) is 0.100. The molecule has 0 fully saturated rings. The Morgan fingerprint density at radius 1 is 1.14 bits per heavy atom. The van der Waals surface area contributed by atoms with Crippen LogP contribution in [0.2, 0.25) is 0 Å². The van der Waals surface area contributed by atoms with Crippen molar-refractivity contribution >= 4 is 23.6 Å². The Hall–Kier alpha value is -3.94. The molecular weight excluding hydrogens is 364 g/mol. The molecule has 0 atom stereocenters. The van der Waals surface area contributed by atoms with Crippen LogP contribution in [0.25, 0.3) is 6.08 Å². The van der Waals surface area contributed by atoms with Crippen molar-refractivity contribution in [2.24, 2.45) is 0 Å². The second kappa shape index (κ2) is 9.67. The van der Waals surface area contributed by atoms with Crippen molar-refractivity contribution in [2.45, 2.75) is 0 Å². The number of nitro benzene ring substituents is 1. The summed E-state index contributed by atoms with van der Waals surface area (Å²) in [4.78, 5) is 34.9. The number of rotatable bonds is 8. The molecule has 0 saturated carbocycles. The minimum atomic E-state index is -0.764. The van der Waals surface area contributed by atoms with E-state index in [9.17, 15) is 19.7 Å². The van der Waals surface area contributed by atoms with Crippen LogP contribution in [0.4, 0.5) is 5.69 Å². The van der Waals surface area contributed by atoms with Crippen LogP contribution in [-0.4, -0.2) is 30.5 Å². The predicted octanol–water partition coefficient (Wildman–Crippen LogP) is 3.10. The minimum absolute atomic E-state index is 0.0329. The maximum absolute atomic E-state index is 12.5. The predicted molar refractivity (Wildman–Crippen MR) is 103 cm³/mol. The van der Waals surface area contributed by atoms with E-state index in [1.807, 2.05) is 0 Å². The van der Waals surface area contributed by atoms with E-state index in [-0.39, 0.29) is 18.0 Å². The number of carbonyl (C=O) groups is 2. The third kappa shape index (κ3) is 5.53. The Morgan fingerprint density at radius 3 is 2.32 bits per heavy atom. The third-order valence-electron chi connectivity index (χ3n) is 3.57. The van der Waals surface area contributed by atoms with Gasteiger partial charge < -0.3 is 14.8 Å². The normalized spacial score (nSPS) is 10.7. The fourth-order valence-electron chi connectivity index (χ4n) is 2.15. The van der Waals surface area contributed by atoms with Gasteiger partial charge in [0.2, 0.25) is 0 Å². The lowest BCUT2D eigenvalue weighted by Gasteiger charge is -2.10. The van der Waals surface area contributed by atoms with Gasteiger partial charge >= 0.3 is 5.97 Å². The summed E-state index contributed by atoms with van der Waals surface area (Å²) >= 11 is 0. The van der Waals surface area contributed by atoms with E-state index < -0.39 is 16.8 Å². The van der Waals surface area contributed by atoms with E-state index in [0.717, 1.165) is 0 Å². The maximum Gasteiger partial charge on any atom is 0.355 e. The van der Waals surface area contributed by atoms with Crippen LogP contribution in [0, 0.1) is 10.1 Å².